The van der Waals surface area contributed by atoms with Crippen LogP contribution < -0.4 is 36.0 Å². The van der Waals surface area contributed by atoms with Crippen LogP contribution in [0.4, 0.5) is 22.4 Å². The van der Waals surface area contributed by atoms with E-state index in [0.29, 0.717) is 18.8 Å². The summed E-state index contributed by atoms with van der Waals surface area (Å²) < 4.78 is 62.4. The van der Waals surface area contributed by atoms with Gasteiger partial charge in [-0.3, -0.25) is 20.2 Å². The number of likely N-dealkylation sites (N-methyl/N-ethyl adjacent to an activating group) is 2. The monoisotopic (exact) mass is 731 g/mol. The number of nitrogens with one attached hydrogen (secondary N) is 7. The van der Waals surface area contributed by atoms with Crippen LogP contribution in [0, 0.1) is 11.8 Å². The third kappa shape index (κ3) is 11.5. The normalized spacial score (nSPS) is 28.7. The molecular weight excluding hydrogens is 678 g/mol. The number of hydrogen-bond donors (Lipinski definition) is 8. The topological polar surface area (TPSA) is 145 Å². The van der Waals surface area contributed by atoms with Gasteiger partial charge < -0.3 is 30.9 Å². The summed E-state index contributed by atoms with van der Waals surface area (Å²) in [6.45, 7) is 4.94. The minimum absolute atomic E-state index is 0.00821. The number of hydrogen-bond acceptors (Lipinski definition) is 10. The fourth-order valence-corrected chi connectivity index (χ4v) is 7.25. The van der Waals surface area contributed by atoms with Crippen LogP contribution in [0.25, 0.3) is 0 Å². The number of carbonyl (C=O) groups is 2. The van der Waals surface area contributed by atoms with Gasteiger partial charge in [-0.2, -0.15) is 0 Å². The molecule has 3 amide bonds. The van der Waals surface area contributed by atoms with E-state index >= 15 is 0 Å². The molecule has 0 bridgehead atoms. The third-order valence-corrected chi connectivity index (χ3v) is 10.3. The van der Waals surface area contributed by atoms with Crippen LogP contribution >= 0.6 is 12.1 Å². The van der Waals surface area contributed by atoms with Crippen molar-refractivity contribution in [3.63, 3.8) is 0 Å². The Kier molecular flexibility index (Phi) is 15.1. The molecule has 2 heterocycles. The lowest BCUT2D eigenvalue weighted by molar-refractivity contribution is -0.130. The molecule has 2 aliphatic heterocycles. The molecule has 0 saturated carbocycles. The molecule has 12 nitrogen and oxygen atoms in total. The second-order valence-corrected chi connectivity index (χ2v) is 14.1. The van der Waals surface area contributed by atoms with E-state index in [9.17, 15) is 32.3 Å². The zero-order valence-electron chi connectivity index (χ0n) is 29.2. The molecule has 17 heteroatoms. The predicted octanol–water partition coefficient (Wildman–Crippen LogP) is 3.41. The standard InChI is InChI=1S/C33H53F4N9O3S/c1-5-29-38-15-25(16-39-29)45(3)31(47)27(11-19-7-21(34)13-22(35)8-19)42-33(49)44-50-43-28(12-20-9-23(36)14-24(37)10-20)32(48)46(4)26-17-40-30(6-2)41-18-26/h9,13,15,17,19-21,24,27-30,32,38-41,43,48H,5-8,10-12,14,16,18H2,1-4H3,(H2,42,44,49)/t19-,20-,21+,24-,27-,28-,29?,30?,32?/m0/s1. The van der Waals surface area contributed by atoms with Gasteiger partial charge >= 0.3 is 6.03 Å². The Morgan fingerprint density at radius 1 is 0.960 bits per heavy atom. The quantitative estimate of drug-likeness (QED) is 0.0718. The summed E-state index contributed by atoms with van der Waals surface area (Å²) in [7, 11) is 3.28. The van der Waals surface area contributed by atoms with Gasteiger partial charge in [-0.05, 0) is 62.5 Å². The maximum absolute atomic E-state index is 14.3. The number of alkyl halides is 2. The summed E-state index contributed by atoms with van der Waals surface area (Å²) in [5.41, 5.74) is 1.39. The summed E-state index contributed by atoms with van der Waals surface area (Å²) in [5.74, 6) is -2.60. The molecule has 4 aliphatic rings. The van der Waals surface area contributed by atoms with E-state index in [1.807, 2.05) is 20.0 Å². The molecule has 0 fully saturated rings. The number of halogens is 4. The van der Waals surface area contributed by atoms with Crippen molar-refractivity contribution in [2.24, 2.45) is 11.8 Å². The molecule has 282 valence electrons. The molecule has 4 rings (SSSR count). The minimum Gasteiger partial charge on any atom is -0.374 e. The zero-order chi connectivity index (χ0) is 36.4. The fraction of sp³-hybridized carbons (Fsp3) is 0.697. The highest BCUT2D eigenvalue weighted by Gasteiger charge is 2.34. The van der Waals surface area contributed by atoms with Crippen molar-refractivity contribution in [1.82, 2.24) is 45.8 Å². The molecular formula is C33H53F4N9O3S. The van der Waals surface area contributed by atoms with Gasteiger partial charge in [0.15, 0.2) is 0 Å². The van der Waals surface area contributed by atoms with Gasteiger partial charge in [-0.1, -0.05) is 13.8 Å². The number of rotatable bonds is 15. The Bertz CT molecular complexity index is 1290. The number of aliphatic hydroxyl groups is 1. The second kappa shape index (κ2) is 19.0. The van der Waals surface area contributed by atoms with Crippen LogP contribution in [0.15, 0.2) is 47.6 Å². The first-order chi connectivity index (χ1) is 23.9. The fourth-order valence-electron chi connectivity index (χ4n) is 6.67. The summed E-state index contributed by atoms with van der Waals surface area (Å²) in [5, 5.41) is 27.1. The highest BCUT2D eigenvalue weighted by molar-refractivity contribution is 7.96. The first-order valence-corrected chi connectivity index (χ1v) is 18.2. The van der Waals surface area contributed by atoms with Gasteiger partial charge in [0, 0.05) is 70.3 Å². The molecule has 0 spiro atoms. The maximum Gasteiger partial charge on any atom is 0.326 e. The summed E-state index contributed by atoms with van der Waals surface area (Å²) in [6, 6.07) is -2.62. The van der Waals surface area contributed by atoms with Crippen LogP contribution in [-0.4, -0.2) is 97.0 Å². The van der Waals surface area contributed by atoms with E-state index in [4.69, 9.17) is 0 Å². The van der Waals surface area contributed by atoms with Crippen molar-refractivity contribution in [3.05, 3.63) is 47.6 Å². The molecule has 0 radical (unpaired) electrons. The lowest BCUT2D eigenvalue weighted by Crippen LogP contribution is -2.54. The number of carbonyl (C=O) groups excluding carboxylic acids is 2. The van der Waals surface area contributed by atoms with Gasteiger partial charge in [0.1, 0.15) is 24.6 Å². The van der Waals surface area contributed by atoms with Crippen molar-refractivity contribution in [3.8, 4) is 0 Å². The second-order valence-electron chi connectivity index (χ2n) is 13.5. The van der Waals surface area contributed by atoms with Crippen LogP contribution in [0.3, 0.4) is 0 Å². The smallest absolute Gasteiger partial charge is 0.326 e. The van der Waals surface area contributed by atoms with Crippen molar-refractivity contribution in [2.45, 2.75) is 108 Å². The highest BCUT2D eigenvalue weighted by atomic mass is 32.2. The first-order valence-electron chi connectivity index (χ1n) is 17.4. The van der Waals surface area contributed by atoms with Crippen molar-refractivity contribution in [2.75, 3.05) is 27.2 Å². The molecule has 8 N–H and O–H groups in total. The Balaban J connectivity index is 1.42. The molecule has 0 aromatic rings. The first kappa shape index (κ1) is 39.8. The van der Waals surface area contributed by atoms with Crippen molar-refractivity contribution >= 4 is 24.1 Å². The van der Waals surface area contributed by atoms with Crippen LogP contribution in [-0.2, 0) is 4.79 Å². The lowest BCUT2D eigenvalue weighted by Gasteiger charge is -2.37. The average molecular weight is 732 g/mol. The minimum atomic E-state index is -1.48. The lowest BCUT2D eigenvalue weighted by atomic mass is 9.86. The van der Waals surface area contributed by atoms with Crippen LogP contribution in [0.2, 0.25) is 0 Å². The molecule has 3 unspecified atom stereocenters. The number of amides is 3. The Labute approximate surface area is 296 Å². The summed E-state index contributed by atoms with van der Waals surface area (Å²) >= 11 is 0.753. The maximum atomic E-state index is 14.3. The molecule has 9 atom stereocenters. The number of allylic oxidation sites excluding steroid dienone is 4. The third-order valence-electron chi connectivity index (χ3n) is 9.63. The largest absolute Gasteiger partial charge is 0.374 e. The highest BCUT2D eigenvalue weighted by Crippen LogP contribution is 2.32. The van der Waals surface area contributed by atoms with Crippen LogP contribution in [0.1, 0.15) is 65.2 Å². The molecule has 2 aliphatic carbocycles. The summed E-state index contributed by atoms with van der Waals surface area (Å²) in [6.07, 6.45) is 3.69. The van der Waals surface area contributed by atoms with Gasteiger partial charge in [-0.15, -0.1) is 0 Å². The average Bonchev–Trinajstić information content (AvgIpc) is 3.09. The predicted molar refractivity (Wildman–Crippen MR) is 186 cm³/mol. The van der Waals surface area contributed by atoms with Gasteiger partial charge in [0.2, 0.25) is 5.91 Å². The van der Waals surface area contributed by atoms with E-state index < -0.39 is 66.1 Å². The molecule has 50 heavy (non-hydrogen) atoms. The van der Waals surface area contributed by atoms with Crippen LogP contribution in [0.5, 0.6) is 0 Å². The Morgan fingerprint density at radius 3 is 2.18 bits per heavy atom. The van der Waals surface area contributed by atoms with E-state index in [2.05, 4.69) is 36.0 Å². The Morgan fingerprint density at radius 2 is 1.60 bits per heavy atom. The Hall–Kier alpha value is -2.99. The van der Waals surface area contributed by atoms with E-state index in [1.165, 1.54) is 11.0 Å². The molecule has 0 aromatic carbocycles. The molecule has 0 aromatic heterocycles. The van der Waals surface area contributed by atoms with E-state index in [0.717, 1.165) is 36.7 Å². The number of aliphatic hydroxyl groups excluding tert-OH is 1. The van der Waals surface area contributed by atoms with Gasteiger partial charge in [-0.25, -0.2) is 27.1 Å². The molecule has 0 saturated heterocycles. The van der Waals surface area contributed by atoms with Gasteiger partial charge in [0.05, 0.1) is 35.7 Å². The number of nitrogens with zero attached hydrogens (tertiary/aromatic N) is 2. The number of urea groups is 1. The van der Waals surface area contributed by atoms with Crippen molar-refractivity contribution < 1.29 is 32.3 Å². The SMILES string of the molecule is CCC1NC=C(N(C)C(=O)[C@H](C[C@@H]2CC(F)=C[C@H](F)C2)NC(=O)NSN[C@@H](C[C@H]2C=C(F)C[C@@H](F)C2)C(O)N(C)C2=CNC(CC)NC2)CN1. The van der Waals surface area contributed by atoms with E-state index in [1.54, 1.807) is 25.2 Å². The van der Waals surface area contributed by atoms with E-state index in [-0.39, 0.29) is 50.9 Å². The summed E-state index contributed by atoms with van der Waals surface area (Å²) in [4.78, 5) is 30.0. The van der Waals surface area contributed by atoms with Crippen molar-refractivity contribution in [1.29, 1.82) is 0 Å². The van der Waals surface area contributed by atoms with Gasteiger partial charge in [0.25, 0.3) is 0 Å². The zero-order valence-corrected chi connectivity index (χ0v) is 30.0.